The first-order valence-electron chi connectivity index (χ1n) is 7.00. The molecule has 24 heavy (non-hydrogen) atoms. The Hall–Kier alpha value is -3.09. The molecule has 0 bridgehead atoms. The quantitative estimate of drug-likeness (QED) is 0.534. The number of benzene rings is 1. The number of carbonyl (C=O) groups is 1. The molecule has 2 heterocycles. The predicted octanol–water partition coefficient (Wildman–Crippen LogP) is 3.77. The van der Waals surface area contributed by atoms with E-state index in [1.54, 1.807) is 6.07 Å². The van der Waals surface area contributed by atoms with Crippen molar-refractivity contribution in [1.82, 2.24) is 15.0 Å². The first kappa shape index (κ1) is 14.5. The summed E-state index contributed by atoms with van der Waals surface area (Å²) < 4.78 is 38.2. The highest BCUT2D eigenvalue weighted by Crippen LogP contribution is 2.38. The number of nitrogens with zero attached hydrogens (tertiary/aromatic N) is 3. The first-order chi connectivity index (χ1) is 11.4. The van der Waals surface area contributed by atoms with Gasteiger partial charge in [0.2, 0.25) is 11.6 Å². The van der Waals surface area contributed by atoms with E-state index in [9.17, 15) is 18.0 Å². The van der Waals surface area contributed by atoms with Crippen LogP contribution in [0.5, 0.6) is 0 Å². The molecule has 0 saturated carbocycles. The van der Waals surface area contributed by atoms with Crippen LogP contribution in [-0.2, 0) is 6.18 Å². The van der Waals surface area contributed by atoms with Crippen molar-refractivity contribution >= 4 is 5.78 Å². The van der Waals surface area contributed by atoms with Crippen LogP contribution in [0.25, 0.3) is 22.4 Å². The molecular weight excluding hydrogens is 319 g/mol. The standard InChI is InChI=1S/C17H8F3N3O/c18-17(19,20)16-22-7-11-10-6-13(9-4-2-1-3-5-9)21-8-12(10)15(24)14(11)23-16/h1-8H. The minimum Gasteiger partial charge on any atom is -0.287 e. The van der Waals surface area contributed by atoms with Gasteiger partial charge in [0, 0.05) is 29.1 Å². The summed E-state index contributed by atoms with van der Waals surface area (Å²) in [5.41, 5.74) is 2.25. The zero-order chi connectivity index (χ0) is 16.9. The normalized spacial score (nSPS) is 12.9. The van der Waals surface area contributed by atoms with E-state index in [2.05, 4.69) is 15.0 Å². The Bertz CT molecular complexity index is 969. The predicted molar refractivity (Wildman–Crippen MR) is 79.1 cm³/mol. The van der Waals surface area contributed by atoms with Crippen LogP contribution in [0.2, 0.25) is 0 Å². The van der Waals surface area contributed by atoms with Crippen LogP contribution in [-0.4, -0.2) is 20.7 Å². The van der Waals surface area contributed by atoms with Gasteiger partial charge in [-0.25, -0.2) is 9.97 Å². The van der Waals surface area contributed by atoms with Gasteiger partial charge >= 0.3 is 6.18 Å². The van der Waals surface area contributed by atoms with E-state index in [-0.39, 0.29) is 11.3 Å². The van der Waals surface area contributed by atoms with E-state index in [0.29, 0.717) is 16.8 Å². The second-order valence-corrected chi connectivity index (χ2v) is 5.26. The summed E-state index contributed by atoms with van der Waals surface area (Å²) in [6, 6.07) is 10.9. The minimum atomic E-state index is -4.70. The third-order valence-corrected chi connectivity index (χ3v) is 3.77. The number of hydrogen-bond acceptors (Lipinski definition) is 4. The van der Waals surface area contributed by atoms with Crippen molar-refractivity contribution in [3.8, 4) is 22.4 Å². The van der Waals surface area contributed by atoms with E-state index in [4.69, 9.17) is 0 Å². The molecule has 0 radical (unpaired) electrons. The van der Waals surface area contributed by atoms with Crippen molar-refractivity contribution in [3.05, 3.63) is 65.9 Å². The molecule has 1 aliphatic rings. The SMILES string of the molecule is O=C1c2cnc(-c3ccccc3)cc2-c2cnc(C(F)(F)F)nc21. The lowest BCUT2D eigenvalue weighted by Crippen LogP contribution is -2.13. The average molecular weight is 327 g/mol. The molecule has 7 heteroatoms. The molecule has 1 aliphatic carbocycles. The number of ketones is 1. The number of pyridine rings is 1. The molecule has 0 fully saturated rings. The zero-order valence-corrected chi connectivity index (χ0v) is 12.0. The van der Waals surface area contributed by atoms with Crippen LogP contribution >= 0.6 is 0 Å². The van der Waals surface area contributed by atoms with Crippen LogP contribution in [0.4, 0.5) is 13.2 Å². The molecule has 4 rings (SSSR count). The number of alkyl halides is 3. The van der Waals surface area contributed by atoms with Crippen molar-refractivity contribution in [3.63, 3.8) is 0 Å². The second-order valence-electron chi connectivity index (χ2n) is 5.26. The van der Waals surface area contributed by atoms with Crippen LogP contribution in [0.15, 0.2) is 48.8 Å². The van der Waals surface area contributed by atoms with Gasteiger partial charge in [-0.05, 0) is 6.07 Å². The highest BCUT2D eigenvalue weighted by Gasteiger charge is 2.38. The lowest BCUT2D eigenvalue weighted by atomic mass is 10.1. The molecule has 3 aromatic rings. The van der Waals surface area contributed by atoms with Gasteiger partial charge in [0.15, 0.2) is 0 Å². The van der Waals surface area contributed by atoms with Gasteiger partial charge in [-0.2, -0.15) is 13.2 Å². The van der Waals surface area contributed by atoms with E-state index in [0.717, 1.165) is 11.8 Å². The average Bonchev–Trinajstić information content (AvgIpc) is 2.87. The second kappa shape index (κ2) is 4.95. The third-order valence-electron chi connectivity index (χ3n) is 3.77. The topological polar surface area (TPSA) is 55.7 Å². The number of halogens is 3. The lowest BCUT2D eigenvalue weighted by Gasteiger charge is -2.06. The summed E-state index contributed by atoms with van der Waals surface area (Å²) in [6.45, 7) is 0. The molecule has 1 aromatic carbocycles. The Morgan fingerprint density at radius 2 is 1.58 bits per heavy atom. The molecule has 0 unspecified atom stereocenters. The molecule has 0 amide bonds. The number of aromatic nitrogens is 3. The maximum absolute atomic E-state index is 12.7. The molecule has 0 saturated heterocycles. The van der Waals surface area contributed by atoms with E-state index in [1.807, 2.05) is 30.3 Å². The van der Waals surface area contributed by atoms with Crippen molar-refractivity contribution < 1.29 is 18.0 Å². The Kier molecular flexibility index (Phi) is 2.99. The van der Waals surface area contributed by atoms with E-state index in [1.165, 1.54) is 6.20 Å². The van der Waals surface area contributed by atoms with Gasteiger partial charge < -0.3 is 0 Å². The molecule has 118 valence electrons. The molecule has 0 aliphatic heterocycles. The summed E-state index contributed by atoms with van der Waals surface area (Å²) in [5.74, 6) is -1.89. The van der Waals surface area contributed by atoms with Crippen molar-refractivity contribution in [2.75, 3.05) is 0 Å². The fourth-order valence-corrected chi connectivity index (χ4v) is 2.64. The molecule has 0 N–H and O–H groups in total. The van der Waals surface area contributed by atoms with Crippen LogP contribution < -0.4 is 0 Å². The Balaban J connectivity index is 1.87. The highest BCUT2D eigenvalue weighted by molar-refractivity contribution is 6.20. The lowest BCUT2D eigenvalue weighted by molar-refractivity contribution is -0.145. The summed E-state index contributed by atoms with van der Waals surface area (Å²) in [6.07, 6.45) is -2.28. The zero-order valence-electron chi connectivity index (χ0n) is 12.0. The third kappa shape index (κ3) is 2.17. The molecule has 0 atom stereocenters. The fourth-order valence-electron chi connectivity index (χ4n) is 2.64. The number of fused-ring (bicyclic) bond motifs is 3. The monoisotopic (exact) mass is 327 g/mol. The fraction of sp³-hybridized carbons (Fsp3) is 0.0588. The largest absolute Gasteiger partial charge is 0.451 e. The highest BCUT2D eigenvalue weighted by atomic mass is 19.4. The maximum atomic E-state index is 12.7. The maximum Gasteiger partial charge on any atom is 0.451 e. The molecular formula is C17H8F3N3O. The summed E-state index contributed by atoms with van der Waals surface area (Å²) in [7, 11) is 0. The number of hydrogen-bond donors (Lipinski definition) is 0. The Morgan fingerprint density at radius 3 is 2.29 bits per heavy atom. The van der Waals surface area contributed by atoms with Gasteiger partial charge in [-0.1, -0.05) is 30.3 Å². The first-order valence-corrected chi connectivity index (χ1v) is 7.00. The van der Waals surface area contributed by atoms with E-state index >= 15 is 0 Å². The summed E-state index contributed by atoms with van der Waals surface area (Å²) in [5, 5.41) is 0. The summed E-state index contributed by atoms with van der Waals surface area (Å²) >= 11 is 0. The van der Waals surface area contributed by atoms with Gasteiger partial charge in [0.25, 0.3) is 0 Å². The van der Waals surface area contributed by atoms with E-state index < -0.39 is 17.8 Å². The van der Waals surface area contributed by atoms with Crippen LogP contribution in [0, 0.1) is 0 Å². The van der Waals surface area contributed by atoms with Gasteiger partial charge in [0.1, 0.15) is 5.69 Å². The molecule has 0 spiro atoms. The van der Waals surface area contributed by atoms with Crippen LogP contribution in [0.1, 0.15) is 21.9 Å². The van der Waals surface area contributed by atoms with Gasteiger partial charge in [-0.15, -0.1) is 0 Å². The van der Waals surface area contributed by atoms with Gasteiger partial charge in [-0.3, -0.25) is 9.78 Å². The number of carbonyl (C=O) groups excluding carboxylic acids is 1. The van der Waals surface area contributed by atoms with Crippen molar-refractivity contribution in [1.29, 1.82) is 0 Å². The number of rotatable bonds is 1. The molecule has 2 aromatic heterocycles. The molecule has 4 nitrogen and oxygen atoms in total. The van der Waals surface area contributed by atoms with Crippen LogP contribution in [0.3, 0.4) is 0 Å². The van der Waals surface area contributed by atoms with Crippen molar-refractivity contribution in [2.45, 2.75) is 6.18 Å². The smallest absolute Gasteiger partial charge is 0.287 e. The Labute approximate surface area is 134 Å². The van der Waals surface area contributed by atoms with Gasteiger partial charge in [0.05, 0.1) is 11.3 Å². The van der Waals surface area contributed by atoms with Crippen molar-refractivity contribution in [2.24, 2.45) is 0 Å². The minimum absolute atomic E-state index is 0.235. The summed E-state index contributed by atoms with van der Waals surface area (Å²) in [4.78, 5) is 23.3. The Morgan fingerprint density at radius 1 is 0.875 bits per heavy atom.